The maximum atomic E-state index is 13.4. The normalized spacial score (nSPS) is 16.4. The van der Waals surface area contributed by atoms with Crippen molar-refractivity contribution in [2.75, 3.05) is 32.0 Å². The summed E-state index contributed by atoms with van der Waals surface area (Å²) in [5.74, 6) is 0.829. The molecule has 0 saturated carbocycles. The average Bonchev–Trinajstić information content (AvgIpc) is 3.18. The predicted octanol–water partition coefficient (Wildman–Crippen LogP) is 4.31. The summed E-state index contributed by atoms with van der Waals surface area (Å²) in [7, 11) is 2.11. The maximum Gasteiger partial charge on any atom is 0.251 e. The molecule has 2 N–H and O–H groups in total. The molecule has 30 heavy (non-hydrogen) atoms. The van der Waals surface area contributed by atoms with Crippen LogP contribution in [0.5, 0.6) is 0 Å². The Morgan fingerprint density at radius 2 is 2.00 bits per heavy atom. The first-order chi connectivity index (χ1) is 14.6. The van der Waals surface area contributed by atoms with E-state index in [0.717, 1.165) is 36.3 Å². The maximum absolute atomic E-state index is 13.4. The highest BCUT2D eigenvalue weighted by Crippen LogP contribution is 2.22. The number of benzene rings is 2. The van der Waals surface area contributed by atoms with Crippen LogP contribution in [0, 0.1) is 11.7 Å². The molecule has 2 aromatic carbocycles. The number of amides is 1. The highest BCUT2D eigenvalue weighted by Gasteiger charge is 2.20. The number of carbonyl (C=O) groups excluding carboxylic acids is 1. The molecular weight excluding hydrogens is 379 g/mol. The highest BCUT2D eigenvalue weighted by molar-refractivity contribution is 5.95. The number of rotatable bonds is 6. The lowest BCUT2D eigenvalue weighted by molar-refractivity contribution is 0.0947. The number of aromatic nitrogens is 1. The Balaban J connectivity index is 1.38. The predicted molar refractivity (Wildman–Crippen MR) is 117 cm³/mol. The third-order valence-corrected chi connectivity index (χ3v) is 5.36. The molecule has 2 heterocycles. The van der Waals surface area contributed by atoms with Gasteiger partial charge in [-0.1, -0.05) is 18.2 Å². The molecular formula is C24H25FN4O. The zero-order chi connectivity index (χ0) is 20.9. The zero-order valence-electron chi connectivity index (χ0n) is 16.9. The molecule has 6 heteroatoms. The number of carbonyl (C=O) groups is 1. The molecule has 1 saturated heterocycles. The Morgan fingerprint density at radius 3 is 2.73 bits per heavy atom. The molecule has 154 valence electrons. The molecule has 4 rings (SSSR count). The number of nitrogens with zero attached hydrogens (tertiary/aromatic N) is 2. The molecule has 1 aromatic heterocycles. The van der Waals surface area contributed by atoms with Crippen LogP contribution in [0.15, 0.2) is 66.9 Å². The second-order valence-electron chi connectivity index (χ2n) is 7.78. The number of pyridine rings is 1. The second-order valence-corrected chi connectivity index (χ2v) is 7.78. The van der Waals surface area contributed by atoms with Gasteiger partial charge in [-0.05, 0) is 74.0 Å². The fourth-order valence-corrected chi connectivity index (χ4v) is 3.72. The van der Waals surface area contributed by atoms with Gasteiger partial charge in [-0.3, -0.25) is 4.79 Å². The lowest BCUT2D eigenvalue weighted by Gasteiger charge is -2.12. The summed E-state index contributed by atoms with van der Waals surface area (Å²) in [5, 5.41) is 6.26. The van der Waals surface area contributed by atoms with Crippen molar-refractivity contribution >= 4 is 17.4 Å². The van der Waals surface area contributed by atoms with Crippen molar-refractivity contribution in [2.24, 2.45) is 5.92 Å². The largest absolute Gasteiger partial charge is 0.352 e. The van der Waals surface area contributed by atoms with Crippen molar-refractivity contribution in [1.29, 1.82) is 0 Å². The number of hydrogen-bond donors (Lipinski definition) is 2. The van der Waals surface area contributed by atoms with Crippen LogP contribution in [0.4, 0.5) is 15.9 Å². The minimum absolute atomic E-state index is 0.0670. The molecule has 1 amide bonds. The van der Waals surface area contributed by atoms with E-state index in [2.05, 4.69) is 27.6 Å². The topological polar surface area (TPSA) is 57.3 Å². The molecule has 5 nitrogen and oxygen atoms in total. The van der Waals surface area contributed by atoms with Crippen LogP contribution in [0.25, 0.3) is 11.1 Å². The van der Waals surface area contributed by atoms with Gasteiger partial charge in [0.25, 0.3) is 5.91 Å². The van der Waals surface area contributed by atoms with Crippen LogP contribution in [-0.4, -0.2) is 42.5 Å². The Kier molecular flexibility index (Phi) is 6.05. The minimum atomic E-state index is -0.273. The first kappa shape index (κ1) is 20.0. The Morgan fingerprint density at radius 1 is 1.13 bits per heavy atom. The quantitative estimate of drug-likeness (QED) is 0.643. The molecule has 0 spiro atoms. The van der Waals surface area contributed by atoms with Crippen LogP contribution in [0.3, 0.4) is 0 Å². The molecule has 1 aliphatic rings. The summed E-state index contributed by atoms with van der Waals surface area (Å²) in [6.45, 7) is 2.81. The number of hydrogen-bond acceptors (Lipinski definition) is 4. The summed E-state index contributed by atoms with van der Waals surface area (Å²) >= 11 is 0. The molecule has 0 radical (unpaired) electrons. The van der Waals surface area contributed by atoms with Crippen molar-refractivity contribution in [1.82, 2.24) is 15.2 Å². The van der Waals surface area contributed by atoms with E-state index in [4.69, 9.17) is 0 Å². The first-order valence-corrected chi connectivity index (χ1v) is 10.1. The van der Waals surface area contributed by atoms with Crippen LogP contribution in [-0.2, 0) is 0 Å². The molecule has 1 fully saturated rings. The number of nitrogens with one attached hydrogen (secondary N) is 2. The van der Waals surface area contributed by atoms with E-state index in [1.807, 2.05) is 42.5 Å². The van der Waals surface area contributed by atoms with Gasteiger partial charge in [0, 0.05) is 36.1 Å². The number of anilines is 2. The standard InChI is InChI=1S/C24H25FN4O/c1-29-11-10-17(16-29)14-27-24(30)19-5-3-7-22(13-19)28-23-9-8-20(15-26-23)18-4-2-6-21(25)12-18/h2-9,12-13,15,17H,10-11,14,16H2,1H3,(H,26,28)(H,27,30). The van der Waals surface area contributed by atoms with E-state index in [0.29, 0.717) is 23.8 Å². The van der Waals surface area contributed by atoms with E-state index < -0.39 is 0 Å². The Labute approximate surface area is 176 Å². The number of halogens is 1. The molecule has 1 aliphatic heterocycles. The first-order valence-electron chi connectivity index (χ1n) is 10.1. The molecule has 0 bridgehead atoms. The Bertz CT molecular complexity index is 1020. The van der Waals surface area contributed by atoms with E-state index in [1.54, 1.807) is 12.3 Å². The minimum Gasteiger partial charge on any atom is -0.352 e. The monoisotopic (exact) mass is 404 g/mol. The van der Waals surface area contributed by atoms with E-state index >= 15 is 0 Å². The van der Waals surface area contributed by atoms with Crippen LogP contribution < -0.4 is 10.6 Å². The van der Waals surface area contributed by atoms with Gasteiger partial charge in [-0.25, -0.2) is 9.37 Å². The van der Waals surface area contributed by atoms with Gasteiger partial charge in [0.05, 0.1) is 0 Å². The van der Waals surface area contributed by atoms with Crippen molar-refractivity contribution in [3.8, 4) is 11.1 Å². The van der Waals surface area contributed by atoms with Gasteiger partial charge in [-0.15, -0.1) is 0 Å². The second kappa shape index (κ2) is 9.05. The smallest absolute Gasteiger partial charge is 0.251 e. The summed E-state index contributed by atoms with van der Waals surface area (Å²) in [6, 6.07) is 17.5. The van der Waals surface area contributed by atoms with Gasteiger partial charge in [0.15, 0.2) is 0 Å². The molecule has 1 unspecified atom stereocenters. The molecule has 3 aromatic rings. The summed E-state index contributed by atoms with van der Waals surface area (Å²) in [5.41, 5.74) is 3.02. The third kappa shape index (κ3) is 5.02. The zero-order valence-corrected chi connectivity index (χ0v) is 16.9. The van der Waals surface area contributed by atoms with Crippen LogP contribution in [0.2, 0.25) is 0 Å². The Hall–Kier alpha value is -3.25. The van der Waals surface area contributed by atoms with E-state index in [9.17, 15) is 9.18 Å². The SMILES string of the molecule is CN1CCC(CNC(=O)c2cccc(Nc3ccc(-c4cccc(F)c4)cn3)c2)C1. The van der Waals surface area contributed by atoms with Crippen molar-refractivity contribution < 1.29 is 9.18 Å². The van der Waals surface area contributed by atoms with Gasteiger partial charge in [-0.2, -0.15) is 0 Å². The molecule has 1 atom stereocenters. The number of likely N-dealkylation sites (tertiary alicyclic amines) is 1. The summed E-state index contributed by atoms with van der Waals surface area (Å²) in [6.07, 6.45) is 2.82. The average molecular weight is 404 g/mol. The highest BCUT2D eigenvalue weighted by atomic mass is 19.1. The lowest BCUT2D eigenvalue weighted by Crippen LogP contribution is -2.30. The van der Waals surface area contributed by atoms with Gasteiger partial charge in [0.1, 0.15) is 11.6 Å². The van der Waals surface area contributed by atoms with E-state index in [1.165, 1.54) is 12.1 Å². The lowest BCUT2D eigenvalue weighted by atomic mass is 10.1. The van der Waals surface area contributed by atoms with Crippen molar-refractivity contribution in [2.45, 2.75) is 6.42 Å². The summed E-state index contributed by atoms with van der Waals surface area (Å²) < 4.78 is 13.4. The third-order valence-electron chi connectivity index (χ3n) is 5.36. The molecule has 0 aliphatic carbocycles. The summed E-state index contributed by atoms with van der Waals surface area (Å²) in [4.78, 5) is 19.2. The van der Waals surface area contributed by atoms with E-state index in [-0.39, 0.29) is 11.7 Å². The van der Waals surface area contributed by atoms with Crippen LogP contribution >= 0.6 is 0 Å². The van der Waals surface area contributed by atoms with Gasteiger partial charge < -0.3 is 15.5 Å². The van der Waals surface area contributed by atoms with Crippen molar-refractivity contribution in [3.63, 3.8) is 0 Å². The van der Waals surface area contributed by atoms with Crippen LogP contribution in [0.1, 0.15) is 16.8 Å². The van der Waals surface area contributed by atoms with Gasteiger partial charge in [0.2, 0.25) is 0 Å². The fraction of sp³-hybridized carbons (Fsp3) is 0.250. The van der Waals surface area contributed by atoms with Crippen molar-refractivity contribution in [3.05, 3.63) is 78.2 Å². The fourth-order valence-electron chi connectivity index (χ4n) is 3.72. The van der Waals surface area contributed by atoms with Gasteiger partial charge >= 0.3 is 0 Å².